The minimum atomic E-state index is 0.511. The predicted molar refractivity (Wildman–Crippen MR) is 67.2 cm³/mol. The van der Waals surface area contributed by atoms with E-state index in [1.165, 1.54) is 58.2 Å². The maximum atomic E-state index is 6.24. The van der Waals surface area contributed by atoms with E-state index in [1.807, 2.05) is 0 Å². The number of likely N-dealkylation sites (tertiary alicyclic amines) is 1. The lowest BCUT2D eigenvalue weighted by molar-refractivity contribution is 0.157. The van der Waals surface area contributed by atoms with Gasteiger partial charge in [-0.3, -0.25) is 4.90 Å². The monoisotopic (exact) mass is 220 g/mol. The summed E-state index contributed by atoms with van der Waals surface area (Å²) in [4.78, 5) is 2.67. The van der Waals surface area contributed by atoms with E-state index in [0.717, 1.165) is 11.8 Å². The molecular formula is C14H24N2. The normalized spacial score (nSPS) is 39.8. The molecule has 3 rings (SSSR count). The van der Waals surface area contributed by atoms with Gasteiger partial charge in [0.25, 0.3) is 0 Å². The third kappa shape index (κ3) is 2.05. The summed E-state index contributed by atoms with van der Waals surface area (Å²) >= 11 is 0. The third-order valence-corrected chi connectivity index (χ3v) is 4.79. The highest BCUT2D eigenvalue weighted by atomic mass is 15.2. The Morgan fingerprint density at radius 1 is 1.19 bits per heavy atom. The molecule has 16 heavy (non-hydrogen) atoms. The zero-order valence-corrected chi connectivity index (χ0v) is 10.2. The SMILES string of the molecule is NC1[C@@H]2CC[C@H]1CN(CC1=CCCCC1)C2. The van der Waals surface area contributed by atoms with Gasteiger partial charge in [-0.05, 0) is 50.4 Å². The van der Waals surface area contributed by atoms with Crippen LogP contribution < -0.4 is 5.73 Å². The Morgan fingerprint density at radius 3 is 2.56 bits per heavy atom. The lowest BCUT2D eigenvalue weighted by Crippen LogP contribution is -2.49. The number of fused-ring (bicyclic) bond motifs is 2. The van der Waals surface area contributed by atoms with Gasteiger partial charge in [-0.2, -0.15) is 0 Å². The fourth-order valence-electron chi connectivity index (χ4n) is 3.83. The van der Waals surface area contributed by atoms with E-state index in [0.29, 0.717) is 6.04 Å². The number of nitrogens with two attached hydrogens (primary N) is 1. The average Bonchev–Trinajstić information content (AvgIpc) is 2.54. The first kappa shape index (κ1) is 10.8. The summed E-state index contributed by atoms with van der Waals surface area (Å²) in [6, 6.07) is 0.511. The molecule has 2 heteroatoms. The Kier molecular flexibility index (Phi) is 3.03. The molecule has 3 atom stereocenters. The lowest BCUT2D eigenvalue weighted by atomic mass is 9.92. The van der Waals surface area contributed by atoms with Gasteiger partial charge in [0, 0.05) is 25.7 Å². The van der Waals surface area contributed by atoms with E-state index in [1.54, 1.807) is 5.57 Å². The Morgan fingerprint density at radius 2 is 1.94 bits per heavy atom. The minimum Gasteiger partial charge on any atom is -0.327 e. The second-order valence-corrected chi connectivity index (χ2v) is 5.98. The summed E-state index contributed by atoms with van der Waals surface area (Å²) in [5.74, 6) is 1.59. The number of rotatable bonds is 2. The van der Waals surface area contributed by atoms with E-state index in [-0.39, 0.29) is 0 Å². The van der Waals surface area contributed by atoms with Crippen LogP contribution in [0.1, 0.15) is 38.5 Å². The molecular weight excluding hydrogens is 196 g/mol. The molecule has 0 aromatic carbocycles. The number of nitrogens with zero attached hydrogens (tertiary/aromatic N) is 1. The van der Waals surface area contributed by atoms with Crippen molar-refractivity contribution < 1.29 is 0 Å². The van der Waals surface area contributed by atoms with E-state index < -0.39 is 0 Å². The van der Waals surface area contributed by atoms with Crippen LogP contribution in [0, 0.1) is 11.8 Å². The van der Waals surface area contributed by atoms with Crippen LogP contribution in [0.3, 0.4) is 0 Å². The van der Waals surface area contributed by atoms with Crippen LogP contribution >= 0.6 is 0 Å². The second-order valence-electron chi connectivity index (χ2n) is 5.98. The smallest absolute Gasteiger partial charge is 0.0193 e. The maximum absolute atomic E-state index is 6.24. The van der Waals surface area contributed by atoms with Gasteiger partial charge in [0.2, 0.25) is 0 Å². The minimum absolute atomic E-state index is 0.511. The fourth-order valence-corrected chi connectivity index (χ4v) is 3.83. The fraction of sp³-hybridized carbons (Fsp3) is 0.857. The summed E-state index contributed by atoms with van der Waals surface area (Å²) in [5.41, 5.74) is 7.93. The Balaban J connectivity index is 1.59. The van der Waals surface area contributed by atoms with Crippen molar-refractivity contribution >= 4 is 0 Å². The van der Waals surface area contributed by atoms with Crippen molar-refractivity contribution in [3.8, 4) is 0 Å². The van der Waals surface area contributed by atoms with Gasteiger partial charge < -0.3 is 5.73 Å². The molecule has 1 unspecified atom stereocenters. The summed E-state index contributed by atoms with van der Waals surface area (Å²) in [6.45, 7) is 3.75. The molecule has 2 fully saturated rings. The van der Waals surface area contributed by atoms with Crippen LogP contribution in [0.2, 0.25) is 0 Å². The van der Waals surface area contributed by atoms with Gasteiger partial charge >= 0.3 is 0 Å². The van der Waals surface area contributed by atoms with Gasteiger partial charge in [-0.1, -0.05) is 11.6 Å². The number of piperidine rings is 1. The van der Waals surface area contributed by atoms with E-state index in [4.69, 9.17) is 5.73 Å². The Bertz CT molecular complexity index is 270. The van der Waals surface area contributed by atoms with Crippen molar-refractivity contribution in [1.82, 2.24) is 4.90 Å². The van der Waals surface area contributed by atoms with Crippen molar-refractivity contribution in [2.45, 2.75) is 44.6 Å². The molecule has 1 aliphatic heterocycles. The Labute approximate surface area is 98.9 Å². The van der Waals surface area contributed by atoms with Gasteiger partial charge in [0.1, 0.15) is 0 Å². The molecule has 1 saturated carbocycles. The van der Waals surface area contributed by atoms with E-state index in [2.05, 4.69) is 11.0 Å². The molecule has 90 valence electrons. The van der Waals surface area contributed by atoms with Gasteiger partial charge in [-0.25, -0.2) is 0 Å². The van der Waals surface area contributed by atoms with Crippen LogP contribution in [0.5, 0.6) is 0 Å². The van der Waals surface area contributed by atoms with Crippen molar-refractivity contribution in [3.63, 3.8) is 0 Å². The van der Waals surface area contributed by atoms with Crippen LogP contribution in [-0.2, 0) is 0 Å². The molecule has 1 heterocycles. The molecule has 2 nitrogen and oxygen atoms in total. The van der Waals surface area contributed by atoms with Crippen LogP contribution in [0.4, 0.5) is 0 Å². The molecule has 0 aromatic rings. The van der Waals surface area contributed by atoms with Gasteiger partial charge in [0.05, 0.1) is 0 Å². The molecule has 0 radical (unpaired) electrons. The van der Waals surface area contributed by atoms with Crippen molar-refractivity contribution in [3.05, 3.63) is 11.6 Å². The maximum Gasteiger partial charge on any atom is 0.0193 e. The molecule has 2 N–H and O–H groups in total. The van der Waals surface area contributed by atoms with Gasteiger partial charge in [0.15, 0.2) is 0 Å². The molecule has 0 amide bonds. The first-order chi connectivity index (χ1) is 7.83. The largest absolute Gasteiger partial charge is 0.327 e. The van der Waals surface area contributed by atoms with E-state index in [9.17, 15) is 0 Å². The first-order valence-corrected chi connectivity index (χ1v) is 6.99. The average molecular weight is 220 g/mol. The zero-order valence-electron chi connectivity index (χ0n) is 10.2. The standard InChI is InChI=1S/C14H24N2/c15-14-12-6-7-13(14)10-16(9-12)8-11-4-2-1-3-5-11/h4,12-14H,1-3,5-10,15H2/t12-,13+,14?. The molecule has 0 aromatic heterocycles. The summed E-state index contributed by atoms with van der Waals surface area (Å²) in [6.07, 6.45) is 10.7. The lowest BCUT2D eigenvalue weighted by Gasteiger charge is -2.37. The Hall–Kier alpha value is -0.340. The number of hydrogen-bond donors (Lipinski definition) is 1. The highest BCUT2D eigenvalue weighted by molar-refractivity contribution is 5.08. The summed E-state index contributed by atoms with van der Waals surface area (Å²) in [7, 11) is 0. The topological polar surface area (TPSA) is 29.3 Å². The van der Waals surface area contributed by atoms with Crippen molar-refractivity contribution in [1.29, 1.82) is 0 Å². The predicted octanol–water partition coefficient (Wildman–Crippen LogP) is 2.16. The quantitative estimate of drug-likeness (QED) is 0.723. The highest BCUT2D eigenvalue weighted by Gasteiger charge is 2.39. The van der Waals surface area contributed by atoms with Crippen LogP contribution in [0.15, 0.2) is 11.6 Å². The summed E-state index contributed by atoms with van der Waals surface area (Å²) in [5, 5.41) is 0. The number of allylic oxidation sites excluding steroid dienone is 1. The molecule has 2 bridgehead atoms. The number of hydrogen-bond acceptors (Lipinski definition) is 2. The molecule has 0 spiro atoms. The van der Waals surface area contributed by atoms with Crippen LogP contribution in [-0.4, -0.2) is 30.6 Å². The molecule has 3 aliphatic rings. The van der Waals surface area contributed by atoms with E-state index >= 15 is 0 Å². The molecule has 1 saturated heterocycles. The van der Waals surface area contributed by atoms with Crippen molar-refractivity contribution in [2.75, 3.05) is 19.6 Å². The van der Waals surface area contributed by atoms with Crippen molar-refractivity contribution in [2.24, 2.45) is 17.6 Å². The first-order valence-electron chi connectivity index (χ1n) is 6.99. The zero-order chi connectivity index (χ0) is 11.0. The van der Waals surface area contributed by atoms with Gasteiger partial charge in [-0.15, -0.1) is 0 Å². The third-order valence-electron chi connectivity index (χ3n) is 4.79. The van der Waals surface area contributed by atoms with Crippen LogP contribution in [0.25, 0.3) is 0 Å². The second kappa shape index (κ2) is 4.50. The summed E-state index contributed by atoms with van der Waals surface area (Å²) < 4.78 is 0. The highest BCUT2D eigenvalue weighted by Crippen LogP contribution is 2.36. The molecule has 2 aliphatic carbocycles.